The van der Waals surface area contributed by atoms with Crippen molar-refractivity contribution < 1.29 is 18.3 Å². The van der Waals surface area contributed by atoms with Gasteiger partial charge in [0.15, 0.2) is 0 Å². The van der Waals surface area contributed by atoms with Crippen LogP contribution in [0.1, 0.15) is 5.56 Å². The number of anilines is 1. The molecule has 2 aromatic carbocycles. The van der Waals surface area contributed by atoms with Gasteiger partial charge in [-0.25, -0.2) is 0 Å². The Hall–Kier alpha value is -2.21. The van der Waals surface area contributed by atoms with Gasteiger partial charge < -0.3 is 10.1 Å². The summed E-state index contributed by atoms with van der Waals surface area (Å²) in [7, 11) is 0. The van der Waals surface area contributed by atoms with Crippen LogP contribution in [0.15, 0.2) is 59.1 Å². The van der Waals surface area contributed by atoms with Crippen LogP contribution in [0.3, 0.4) is 0 Å². The largest absolute Gasteiger partial charge is 0.435 e. The molecule has 3 nitrogen and oxygen atoms in total. The molecule has 0 atom stereocenters. The molecule has 0 aliphatic rings. The van der Waals surface area contributed by atoms with Crippen LogP contribution in [0.2, 0.25) is 0 Å². The van der Waals surface area contributed by atoms with Gasteiger partial charge in [-0.1, -0.05) is 28.1 Å². The van der Waals surface area contributed by atoms with Crippen LogP contribution in [0, 0.1) is 0 Å². The predicted molar refractivity (Wildman–Crippen MR) is 84.9 cm³/mol. The van der Waals surface area contributed by atoms with Crippen molar-refractivity contribution in [1.29, 1.82) is 0 Å². The molecule has 0 radical (unpaired) electrons. The average Bonchev–Trinajstić information content (AvgIpc) is 2.47. The first kappa shape index (κ1) is 16.2. The topological polar surface area (TPSA) is 38.3 Å². The van der Waals surface area contributed by atoms with E-state index in [4.69, 9.17) is 0 Å². The molecule has 0 unspecified atom stereocenters. The van der Waals surface area contributed by atoms with Crippen LogP contribution in [0.5, 0.6) is 5.75 Å². The number of nitrogens with one attached hydrogen (secondary N) is 1. The van der Waals surface area contributed by atoms with Gasteiger partial charge >= 0.3 is 6.61 Å². The van der Waals surface area contributed by atoms with Crippen LogP contribution in [0.4, 0.5) is 14.5 Å². The van der Waals surface area contributed by atoms with E-state index in [0.29, 0.717) is 5.69 Å². The lowest BCUT2D eigenvalue weighted by Crippen LogP contribution is -2.08. The maximum absolute atomic E-state index is 12.0. The number of benzene rings is 2. The fourth-order valence-corrected chi connectivity index (χ4v) is 2.10. The molecule has 0 fully saturated rings. The minimum absolute atomic E-state index is 0.0395. The van der Waals surface area contributed by atoms with Crippen molar-refractivity contribution in [3.63, 3.8) is 0 Å². The molecule has 0 aliphatic heterocycles. The lowest BCUT2D eigenvalue weighted by Gasteiger charge is -2.06. The standard InChI is InChI=1S/C16H12BrF2NO2/c17-12-3-1-2-11(10-12)4-9-15(21)20-13-5-7-14(8-6-13)22-16(18)19/h1-10,16H,(H,20,21)/b9-4+. The number of carbonyl (C=O) groups is 1. The number of rotatable bonds is 5. The third-order valence-corrected chi connectivity index (χ3v) is 3.12. The van der Waals surface area contributed by atoms with Gasteiger partial charge in [-0.15, -0.1) is 0 Å². The molecule has 2 aromatic rings. The number of hydrogen-bond acceptors (Lipinski definition) is 2. The molecule has 0 saturated heterocycles. The quantitative estimate of drug-likeness (QED) is 0.777. The van der Waals surface area contributed by atoms with Crippen molar-refractivity contribution in [1.82, 2.24) is 0 Å². The highest BCUT2D eigenvalue weighted by molar-refractivity contribution is 9.10. The predicted octanol–water partition coefficient (Wildman–Crippen LogP) is 4.70. The number of carbonyl (C=O) groups excluding carboxylic acids is 1. The van der Waals surface area contributed by atoms with Gasteiger partial charge in [0, 0.05) is 16.2 Å². The van der Waals surface area contributed by atoms with Gasteiger partial charge in [0.05, 0.1) is 0 Å². The zero-order valence-corrected chi connectivity index (χ0v) is 12.9. The highest BCUT2D eigenvalue weighted by Crippen LogP contribution is 2.18. The summed E-state index contributed by atoms with van der Waals surface area (Å²) in [6.07, 6.45) is 3.07. The van der Waals surface area contributed by atoms with E-state index in [0.717, 1.165) is 10.0 Å². The second kappa shape index (κ2) is 7.70. The number of halogens is 3. The molecule has 0 heterocycles. The van der Waals surface area contributed by atoms with E-state index in [2.05, 4.69) is 26.0 Å². The van der Waals surface area contributed by atoms with Crippen molar-refractivity contribution in [3.05, 3.63) is 64.6 Å². The van der Waals surface area contributed by atoms with E-state index in [1.165, 1.54) is 30.3 Å². The molecule has 1 N–H and O–H groups in total. The van der Waals surface area contributed by atoms with E-state index < -0.39 is 6.61 Å². The minimum Gasteiger partial charge on any atom is -0.435 e. The fraction of sp³-hybridized carbons (Fsp3) is 0.0625. The minimum atomic E-state index is -2.87. The first-order valence-corrected chi connectivity index (χ1v) is 7.12. The summed E-state index contributed by atoms with van der Waals surface area (Å²) >= 11 is 3.35. The number of alkyl halides is 2. The SMILES string of the molecule is O=C(/C=C/c1cccc(Br)c1)Nc1ccc(OC(F)F)cc1. The molecule has 22 heavy (non-hydrogen) atoms. The summed E-state index contributed by atoms with van der Waals surface area (Å²) in [5, 5.41) is 2.63. The number of hydrogen-bond donors (Lipinski definition) is 1. The highest BCUT2D eigenvalue weighted by atomic mass is 79.9. The molecule has 1 amide bonds. The Balaban J connectivity index is 1.94. The Labute approximate surface area is 134 Å². The maximum Gasteiger partial charge on any atom is 0.387 e. The first-order valence-electron chi connectivity index (χ1n) is 6.32. The molecule has 114 valence electrons. The Bertz CT molecular complexity index is 672. The molecule has 0 aliphatic carbocycles. The fourth-order valence-electron chi connectivity index (χ4n) is 1.69. The Kier molecular flexibility index (Phi) is 5.66. The molecule has 0 spiro atoms. The second-order valence-electron chi connectivity index (χ2n) is 4.28. The van der Waals surface area contributed by atoms with Crippen LogP contribution in [-0.2, 0) is 4.79 Å². The van der Waals surface area contributed by atoms with E-state index in [9.17, 15) is 13.6 Å². The summed E-state index contributed by atoms with van der Waals surface area (Å²) in [5.74, 6) is -0.278. The first-order chi connectivity index (χ1) is 10.5. The van der Waals surface area contributed by atoms with Gasteiger partial charge in [-0.2, -0.15) is 8.78 Å². The van der Waals surface area contributed by atoms with Gasteiger partial charge in [0.2, 0.25) is 5.91 Å². The molecule has 0 saturated carbocycles. The molecule has 0 aromatic heterocycles. The normalized spacial score (nSPS) is 10.9. The summed E-state index contributed by atoms with van der Waals surface area (Å²) in [6, 6.07) is 13.2. The Morgan fingerprint density at radius 2 is 1.91 bits per heavy atom. The maximum atomic E-state index is 12.0. The molecular formula is C16H12BrF2NO2. The second-order valence-corrected chi connectivity index (χ2v) is 5.20. The third-order valence-electron chi connectivity index (χ3n) is 2.62. The van der Waals surface area contributed by atoms with Crippen molar-refractivity contribution >= 4 is 33.6 Å². The van der Waals surface area contributed by atoms with Gasteiger partial charge in [0.1, 0.15) is 5.75 Å². The Morgan fingerprint density at radius 3 is 2.55 bits per heavy atom. The van der Waals surface area contributed by atoms with Crippen LogP contribution in [-0.4, -0.2) is 12.5 Å². The summed E-state index contributed by atoms with van der Waals surface area (Å²) in [6.45, 7) is -2.87. The summed E-state index contributed by atoms with van der Waals surface area (Å²) in [5.41, 5.74) is 1.37. The number of amides is 1. The average molecular weight is 368 g/mol. The van der Waals surface area contributed by atoms with E-state index in [1.807, 2.05) is 24.3 Å². The molecule has 6 heteroatoms. The highest BCUT2D eigenvalue weighted by Gasteiger charge is 2.04. The van der Waals surface area contributed by atoms with Crippen LogP contribution in [0.25, 0.3) is 6.08 Å². The molecule has 2 rings (SSSR count). The zero-order valence-electron chi connectivity index (χ0n) is 11.3. The monoisotopic (exact) mass is 367 g/mol. The van der Waals surface area contributed by atoms with E-state index >= 15 is 0 Å². The Morgan fingerprint density at radius 1 is 1.18 bits per heavy atom. The van der Waals surface area contributed by atoms with Crippen molar-refractivity contribution in [2.75, 3.05) is 5.32 Å². The summed E-state index contributed by atoms with van der Waals surface area (Å²) < 4.78 is 29.2. The molecule has 0 bridgehead atoms. The van der Waals surface area contributed by atoms with Crippen molar-refractivity contribution in [2.45, 2.75) is 6.61 Å². The van der Waals surface area contributed by atoms with Gasteiger partial charge in [-0.3, -0.25) is 4.79 Å². The zero-order chi connectivity index (χ0) is 15.9. The number of ether oxygens (including phenoxy) is 1. The van der Waals surface area contributed by atoms with Gasteiger partial charge in [-0.05, 0) is 48.0 Å². The van der Waals surface area contributed by atoms with E-state index in [-0.39, 0.29) is 11.7 Å². The van der Waals surface area contributed by atoms with Crippen molar-refractivity contribution in [2.24, 2.45) is 0 Å². The third kappa shape index (κ3) is 5.29. The summed E-state index contributed by atoms with van der Waals surface area (Å²) in [4.78, 5) is 11.8. The molecular weight excluding hydrogens is 356 g/mol. The lowest BCUT2D eigenvalue weighted by molar-refractivity contribution is -0.111. The van der Waals surface area contributed by atoms with E-state index in [1.54, 1.807) is 6.08 Å². The smallest absolute Gasteiger partial charge is 0.387 e. The lowest BCUT2D eigenvalue weighted by atomic mass is 10.2. The van der Waals surface area contributed by atoms with Crippen LogP contribution >= 0.6 is 15.9 Å². The van der Waals surface area contributed by atoms with Crippen LogP contribution < -0.4 is 10.1 Å². The van der Waals surface area contributed by atoms with Crippen molar-refractivity contribution in [3.8, 4) is 5.75 Å². The van der Waals surface area contributed by atoms with Gasteiger partial charge in [0.25, 0.3) is 0 Å².